The molecule has 0 saturated heterocycles. The molecule has 100 valence electrons. The van der Waals surface area contributed by atoms with Crippen molar-refractivity contribution in [2.24, 2.45) is 0 Å². The van der Waals surface area contributed by atoms with Crippen LogP contribution in [0.1, 0.15) is 25.3 Å². The molecule has 0 spiro atoms. The van der Waals surface area contributed by atoms with Crippen molar-refractivity contribution < 1.29 is 0 Å². The summed E-state index contributed by atoms with van der Waals surface area (Å²) >= 11 is 0. The van der Waals surface area contributed by atoms with Crippen LogP contribution < -0.4 is 10.6 Å². The van der Waals surface area contributed by atoms with Crippen molar-refractivity contribution in [1.82, 2.24) is 0 Å². The highest BCUT2D eigenvalue weighted by atomic mass is 15.1. The topological polar surface area (TPSA) is 29.3 Å². The van der Waals surface area contributed by atoms with Crippen molar-refractivity contribution in [3.63, 3.8) is 0 Å². The Morgan fingerprint density at radius 3 is 2.42 bits per heavy atom. The first-order valence-electron chi connectivity index (χ1n) is 6.91. The average Bonchev–Trinajstić information content (AvgIpc) is 2.42. The number of unbranched alkanes of at least 4 members (excludes halogenated alkanes) is 1. The summed E-state index contributed by atoms with van der Waals surface area (Å²) in [5, 5.41) is 0. The smallest absolute Gasteiger partial charge is 0.0441 e. The molecule has 0 aliphatic carbocycles. The molecule has 0 heterocycles. The summed E-state index contributed by atoms with van der Waals surface area (Å²) in [4.78, 5) is 2.37. The van der Waals surface area contributed by atoms with Crippen LogP contribution in [0.2, 0.25) is 0 Å². The quantitative estimate of drug-likeness (QED) is 0.795. The van der Waals surface area contributed by atoms with E-state index in [4.69, 9.17) is 5.73 Å². The minimum absolute atomic E-state index is 0.824. The van der Waals surface area contributed by atoms with E-state index in [-0.39, 0.29) is 0 Å². The Morgan fingerprint density at radius 2 is 1.79 bits per heavy atom. The van der Waals surface area contributed by atoms with Crippen molar-refractivity contribution in [3.8, 4) is 0 Å². The molecule has 0 saturated carbocycles. The number of nitrogen functional groups attached to an aromatic ring is 1. The summed E-state index contributed by atoms with van der Waals surface area (Å²) in [6.07, 6.45) is 2.37. The largest absolute Gasteiger partial charge is 0.399 e. The number of para-hydroxylation sites is 1. The van der Waals surface area contributed by atoms with Crippen LogP contribution in [0, 0.1) is 6.92 Å². The molecule has 0 aliphatic rings. The number of benzene rings is 2. The van der Waals surface area contributed by atoms with Crippen LogP contribution >= 0.6 is 0 Å². The molecule has 2 heteroatoms. The Bertz CT molecular complexity index is 520. The maximum Gasteiger partial charge on any atom is 0.0441 e. The van der Waals surface area contributed by atoms with Gasteiger partial charge < -0.3 is 10.6 Å². The first kappa shape index (κ1) is 13.5. The molecule has 2 aromatic carbocycles. The second-order valence-corrected chi connectivity index (χ2v) is 4.89. The minimum Gasteiger partial charge on any atom is -0.399 e. The maximum atomic E-state index is 5.85. The van der Waals surface area contributed by atoms with Gasteiger partial charge in [-0.3, -0.25) is 0 Å². The van der Waals surface area contributed by atoms with E-state index < -0.39 is 0 Å². The summed E-state index contributed by atoms with van der Waals surface area (Å²) in [7, 11) is 0. The molecular formula is C17H22N2. The van der Waals surface area contributed by atoms with Gasteiger partial charge in [0.05, 0.1) is 0 Å². The van der Waals surface area contributed by atoms with Crippen LogP contribution in [-0.4, -0.2) is 6.54 Å². The minimum atomic E-state index is 0.824. The molecule has 0 atom stereocenters. The van der Waals surface area contributed by atoms with Gasteiger partial charge in [0.2, 0.25) is 0 Å². The first-order chi connectivity index (χ1) is 9.22. The summed E-state index contributed by atoms with van der Waals surface area (Å²) in [5.74, 6) is 0. The predicted octanol–water partition coefficient (Wildman–Crippen LogP) is 4.52. The fourth-order valence-corrected chi connectivity index (χ4v) is 2.29. The van der Waals surface area contributed by atoms with Gasteiger partial charge in [0.25, 0.3) is 0 Å². The molecule has 0 aromatic heterocycles. The number of rotatable bonds is 5. The van der Waals surface area contributed by atoms with Gasteiger partial charge in [0, 0.05) is 23.6 Å². The number of hydrogen-bond donors (Lipinski definition) is 1. The Morgan fingerprint density at radius 1 is 1.05 bits per heavy atom. The highest BCUT2D eigenvalue weighted by molar-refractivity contribution is 5.68. The summed E-state index contributed by atoms with van der Waals surface area (Å²) < 4.78 is 0. The van der Waals surface area contributed by atoms with E-state index in [1.165, 1.54) is 29.8 Å². The molecule has 2 N–H and O–H groups in total. The summed E-state index contributed by atoms with van der Waals surface area (Å²) in [5.41, 5.74) is 10.4. The standard InChI is InChI=1S/C17H22N2/c1-3-4-12-19(16-8-6-5-7-9-16)17-11-10-15(18)13-14(17)2/h5-11,13H,3-4,12,18H2,1-2H3. The van der Waals surface area contributed by atoms with E-state index in [0.717, 1.165) is 12.2 Å². The Labute approximate surface area is 115 Å². The number of nitrogens with two attached hydrogens (primary N) is 1. The van der Waals surface area contributed by atoms with Crippen LogP contribution in [0.3, 0.4) is 0 Å². The SMILES string of the molecule is CCCCN(c1ccccc1)c1ccc(N)cc1C. The predicted molar refractivity (Wildman–Crippen MR) is 83.9 cm³/mol. The average molecular weight is 254 g/mol. The van der Waals surface area contributed by atoms with Gasteiger partial charge in [-0.05, 0) is 49.2 Å². The van der Waals surface area contributed by atoms with Crippen LogP contribution in [0.25, 0.3) is 0 Å². The molecule has 0 fully saturated rings. The number of aryl methyl sites for hydroxylation is 1. The third-order valence-electron chi connectivity index (χ3n) is 3.31. The van der Waals surface area contributed by atoms with E-state index in [1.807, 2.05) is 12.1 Å². The lowest BCUT2D eigenvalue weighted by Crippen LogP contribution is -2.19. The Kier molecular flexibility index (Phi) is 4.45. The lowest BCUT2D eigenvalue weighted by Gasteiger charge is -2.26. The molecule has 2 nitrogen and oxygen atoms in total. The van der Waals surface area contributed by atoms with Crippen LogP contribution in [0.15, 0.2) is 48.5 Å². The van der Waals surface area contributed by atoms with Crippen molar-refractivity contribution in [2.75, 3.05) is 17.2 Å². The van der Waals surface area contributed by atoms with Gasteiger partial charge in [0.15, 0.2) is 0 Å². The first-order valence-corrected chi connectivity index (χ1v) is 6.91. The van der Waals surface area contributed by atoms with Gasteiger partial charge in [-0.15, -0.1) is 0 Å². The fraction of sp³-hybridized carbons (Fsp3) is 0.294. The molecule has 0 bridgehead atoms. The summed E-state index contributed by atoms with van der Waals surface area (Å²) in [6, 6.07) is 16.7. The second kappa shape index (κ2) is 6.28. The van der Waals surface area contributed by atoms with Crippen molar-refractivity contribution >= 4 is 17.1 Å². The van der Waals surface area contributed by atoms with E-state index >= 15 is 0 Å². The summed E-state index contributed by atoms with van der Waals surface area (Å²) in [6.45, 7) is 5.37. The Balaban J connectivity index is 2.37. The van der Waals surface area contributed by atoms with E-state index in [2.05, 4.69) is 55.1 Å². The molecule has 2 rings (SSSR count). The van der Waals surface area contributed by atoms with Gasteiger partial charge >= 0.3 is 0 Å². The van der Waals surface area contributed by atoms with E-state index in [1.54, 1.807) is 0 Å². The van der Waals surface area contributed by atoms with Crippen LogP contribution in [0.5, 0.6) is 0 Å². The van der Waals surface area contributed by atoms with Gasteiger partial charge in [-0.25, -0.2) is 0 Å². The molecule has 2 aromatic rings. The maximum absolute atomic E-state index is 5.85. The number of nitrogens with zero attached hydrogens (tertiary/aromatic N) is 1. The molecular weight excluding hydrogens is 232 g/mol. The zero-order valence-electron chi connectivity index (χ0n) is 11.8. The van der Waals surface area contributed by atoms with Gasteiger partial charge in [-0.1, -0.05) is 31.5 Å². The van der Waals surface area contributed by atoms with Crippen molar-refractivity contribution in [2.45, 2.75) is 26.7 Å². The highest BCUT2D eigenvalue weighted by Gasteiger charge is 2.10. The number of hydrogen-bond acceptors (Lipinski definition) is 2. The fourth-order valence-electron chi connectivity index (χ4n) is 2.29. The monoisotopic (exact) mass is 254 g/mol. The molecule has 0 aliphatic heterocycles. The molecule has 0 radical (unpaired) electrons. The van der Waals surface area contributed by atoms with E-state index in [9.17, 15) is 0 Å². The van der Waals surface area contributed by atoms with Crippen molar-refractivity contribution in [3.05, 3.63) is 54.1 Å². The lowest BCUT2D eigenvalue weighted by atomic mass is 10.1. The normalized spacial score (nSPS) is 10.4. The highest BCUT2D eigenvalue weighted by Crippen LogP contribution is 2.29. The lowest BCUT2D eigenvalue weighted by molar-refractivity contribution is 0.784. The molecule has 0 unspecified atom stereocenters. The third kappa shape index (κ3) is 3.28. The Hall–Kier alpha value is -1.96. The van der Waals surface area contributed by atoms with E-state index in [0.29, 0.717) is 0 Å². The number of anilines is 3. The van der Waals surface area contributed by atoms with Crippen molar-refractivity contribution in [1.29, 1.82) is 0 Å². The van der Waals surface area contributed by atoms with Crippen LogP contribution in [0.4, 0.5) is 17.1 Å². The molecule has 0 amide bonds. The van der Waals surface area contributed by atoms with Gasteiger partial charge in [-0.2, -0.15) is 0 Å². The zero-order chi connectivity index (χ0) is 13.7. The van der Waals surface area contributed by atoms with Gasteiger partial charge in [0.1, 0.15) is 0 Å². The zero-order valence-corrected chi connectivity index (χ0v) is 11.8. The second-order valence-electron chi connectivity index (χ2n) is 4.89. The third-order valence-corrected chi connectivity index (χ3v) is 3.31. The molecule has 19 heavy (non-hydrogen) atoms. The van der Waals surface area contributed by atoms with Crippen LogP contribution in [-0.2, 0) is 0 Å².